The van der Waals surface area contributed by atoms with Crippen molar-refractivity contribution in [2.24, 2.45) is 5.73 Å². The minimum Gasteiger partial charge on any atom is -0.367 e. The molecular weight excluding hydrogens is 306 g/mol. The summed E-state index contributed by atoms with van der Waals surface area (Å²) < 4.78 is 5.63. The van der Waals surface area contributed by atoms with Gasteiger partial charge in [0.15, 0.2) is 5.82 Å². The number of hydrogen-bond acceptors (Lipinski definition) is 6. The number of amides is 1. The number of carbonyl (C=O) groups is 1. The van der Waals surface area contributed by atoms with Crippen LogP contribution in [0, 0.1) is 0 Å². The van der Waals surface area contributed by atoms with Gasteiger partial charge >= 0.3 is 0 Å². The largest absolute Gasteiger partial charge is 0.367 e. The van der Waals surface area contributed by atoms with Gasteiger partial charge in [-0.15, -0.1) is 0 Å². The summed E-state index contributed by atoms with van der Waals surface area (Å²) in [6, 6.07) is 5.71. The molecule has 7 nitrogen and oxygen atoms in total. The molecule has 0 saturated carbocycles. The number of aryl methyl sites for hydroxylation is 1. The SMILES string of the molecule is CCc1cc(NCC2CCC(C(N)=O)O2)nc(-c2ccncc2)n1. The van der Waals surface area contributed by atoms with Crippen LogP contribution in [0.3, 0.4) is 0 Å². The number of ether oxygens (including phenoxy) is 1. The Kier molecular flexibility index (Phi) is 5.00. The molecule has 1 saturated heterocycles. The van der Waals surface area contributed by atoms with E-state index in [0.29, 0.717) is 18.8 Å². The van der Waals surface area contributed by atoms with E-state index in [-0.39, 0.29) is 6.10 Å². The monoisotopic (exact) mass is 327 g/mol. The second-order valence-electron chi connectivity index (χ2n) is 5.76. The predicted octanol–water partition coefficient (Wildman–Crippen LogP) is 1.55. The zero-order valence-corrected chi connectivity index (χ0v) is 13.6. The molecule has 0 radical (unpaired) electrons. The summed E-state index contributed by atoms with van der Waals surface area (Å²) in [5, 5.41) is 3.29. The van der Waals surface area contributed by atoms with Gasteiger partial charge in [-0.3, -0.25) is 9.78 Å². The van der Waals surface area contributed by atoms with Crippen molar-refractivity contribution in [3.05, 3.63) is 36.3 Å². The van der Waals surface area contributed by atoms with Gasteiger partial charge in [-0.05, 0) is 31.4 Å². The van der Waals surface area contributed by atoms with Crippen LogP contribution < -0.4 is 11.1 Å². The van der Waals surface area contributed by atoms with Crippen molar-refractivity contribution in [2.75, 3.05) is 11.9 Å². The number of pyridine rings is 1. The highest BCUT2D eigenvalue weighted by Crippen LogP contribution is 2.21. The van der Waals surface area contributed by atoms with Gasteiger partial charge in [-0.1, -0.05) is 6.92 Å². The van der Waals surface area contributed by atoms with Crippen molar-refractivity contribution in [1.29, 1.82) is 0 Å². The molecule has 2 unspecified atom stereocenters. The van der Waals surface area contributed by atoms with Gasteiger partial charge in [-0.2, -0.15) is 0 Å². The first-order valence-corrected chi connectivity index (χ1v) is 8.12. The summed E-state index contributed by atoms with van der Waals surface area (Å²) in [6.45, 7) is 2.64. The second-order valence-corrected chi connectivity index (χ2v) is 5.76. The summed E-state index contributed by atoms with van der Waals surface area (Å²) in [7, 11) is 0. The van der Waals surface area contributed by atoms with Crippen LogP contribution in [0.5, 0.6) is 0 Å². The molecule has 7 heteroatoms. The van der Waals surface area contributed by atoms with E-state index in [4.69, 9.17) is 10.5 Å². The Bertz CT molecular complexity index is 707. The number of nitrogens with two attached hydrogens (primary N) is 1. The van der Waals surface area contributed by atoms with Crippen molar-refractivity contribution in [3.8, 4) is 11.4 Å². The van der Waals surface area contributed by atoms with Crippen LogP contribution in [0.4, 0.5) is 5.82 Å². The highest BCUT2D eigenvalue weighted by Gasteiger charge is 2.28. The molecular formula is C17H21N5O2. The molecule has 0 spiro atoms. The van der Waals surface area contributed by atoms with E-state index in [0.717, 1.165) is 29.9 Å². The van der Waals surface area contributed by atoms with E-state index in [2.05, 4.69) is 27.2 Å². The standard InChI is InChI=1S/C17H21N5O2/c1-2-12-9-15(20-10-13-3-4-14(24-13)16(18)23)22-17(21-12)11-5-7-19-8-6-11/h5-9,13-14H,2-4,10H2,1H3,(H2,18,23)(H,20,21,22). The molecule has 3 heterocycles. The Morgan fingerprint density at radius 1 is 1.33 bits per heavy atom. The zero-order valence-electron chi connectivity index (χ0n) is 13.6. The van der Waals surface area contributed by atoms with Gasteiger partial charge in [0.2, 0.25) is 5.91 Å². The maximum atomic E-state index is 11.2. The van der Waals surface area contributed by atoms with Gasteiger partial charge in [0.1, 0.15) is 11.9 Å². The van der Waals surface area contributed by atoms with E-state index in [1.54, 1.807) is 12.4 Å². The average Bonchev–Trinajstić information content (AvgIpc) is 3.10. The average molecular weight is 327 g/mol. The molecule has 1 aliphatic rings. The van der Waals surface area contributed by atoms with Crippen LogP contribution in [-0.4, -0.2) is 39.6 Å². The van der Waals surface area contributed by atoms with Crippen LogP contribution >= 0.6 is 0 Å². The number of nitrogens with one attached hydrogen (secondary N) is 1. The van der Waals surface area contributed by atoms with Gasteiger partial charge in [-0.25, -0.2) is 9.97 Å². The van der Waals surface area contributed by atoms with Crippen LogP contribution in [0.2, 0.25) is 0 Å². The lowest BCUT2D eigenvalue weighted by Gasteiger charge is -2.14. The van der Waals surface area contributed by atoms with Gasteiger partial charge < -0.3 is 15.8 Å². The van der Waals surface area contributed by atoms with Gasteiger partial charge in [0.05, 0.1) is 6.10 Å². The molecule has 3 rings (SSSR count). The number of anilines is 1. The normalized spacial score (nSPS) is 20.0. The highest BCUT2D eigenvalue weighted by atomic mass is 16.5. The molecule has 24 heavy (non-hydrogen) atoms. The Morgan fingerprint density at radius 3 is 2.79 bits per heavy atom. The lowest BCUT2D eigenvalue weighted by molar-refractivity contribution is -0.128. The van der Waals surface area contributed by atoms with Crippen molar-refractivity contribution in [3.63, 3.8) is 0 Å². The summed E-state index contributed by atoms with van der Waals surface area (Å²) in [6.07, 6.45) is 5.24. The fourth-order valence-electron chi connectivity index (χ4n) is 2.68. The summed E-state index contributed by atoms with van der Waals surface area (Å²) in [5.41, 5.74) is 7.16. The van der Waals surface area contributed by atoms with Gasteiger partial charge in [0, 0.05) is 36.3 Å². The van der Waals surface area contributed by atoms with Crippen LogP contribution in [0.15, 0.2) is 30.6 Å². The lowest BCUT2D eigenvalue weighted by atomic mass is 10.2. The first-order valence-electron chi connectivity index (χ1n) is 8.12. The van der Waals surface area contributed by atoms with Crippen molar-refractivity contribution in [1.82, 2.24) is 15.0 Å². The van der Waals surface area contributed by atoms with E-state index in [9.17, 15) is 4.79 Å². The molecule has 3 N–H and O–H groups in total. The quantitative estimate of drug-likeness (QED) is 0.834. The molecule has 126 valence electrons. The minimum absolute atomic E-state index is 0.0353. The van der Waals surface area contributed by atoms with Crippen LogP contribution in [-0.2, 0) is 16.0 Å². The molecule has 2 aromatic rings. The first-order chi connectivity index (χ1) is 11.7. The number of primary amides is 1. The first kappa shape index (κ1) is 16.3. The molecule has 2 atom stereocenters. The second kappa shape index (κ2) is 7.35. The van der Waals surface area contributed by atoms with Crippen molar-refractivity contribution < 1.29 is 9.53 Å². The molecule has 0 bridgehead atoms. The molecule has 1 fully saturated rings. The van der Waals surface area contributed by atoms with Crippen LogP contribution in [0.25, 0.3) is 11.4 Å². The third kappa shape index (κ3) is 3.86. The van der Waals surface area contributed by atoms with E-state index < -0.39 is 12.0 Å². The third-order valence-electron chi connectivity index (χ3n) is 4.02. The zero-order chi connectivity index (χ0) is 16.9. The number of hydrogen-bond donors (Lipinski definition) is 2. The Labute approximate surface area is 140 Å². The molecule has 1 amide bonds. The topological polar surface area (TPSA) is 103 Å². The molecule has 0 aliphatic carbocycles. The van der Waals surface area contributed by atoms with E-state index >= 15 is 0 Å². The smallest absolute Gasteiger partial charge is 0.246 e. The Balaban J connectivity index is 1.70. The number of rotatable bonds is 6. The fraction of sp³-hybridized carbons (Fsp3) is 0.412. The maximum absolute atomic E-state index is 11.2. The summed E-state index contributed by atoms with van der Waals surface area (Å²) in [4.78, 5) is 24.3. The van der Waals surface area contributed by atoms with Crippen LogP contribution in [0.1, 0.15) is 25.5 Å². The van der Waals surface area contributed by atoms with Crippen molar-refractivity contribution >= 4 is 11.7 Å². The number of nitrogens with zero attached hydrogens (tertiary/aromatic N) is 3. The summed E-state index contributed by atoms with van der Waals surface area (Å²) in [5.74, 6) is 1.02. The number of carbonyl (C=O) groups excluding carboxylic acids is 1. The molecule has 0 aromatic carbocycles. The predicted molar refractivity (Wildman–Crippen MR) is 90.2 cm³/mol. The maximum Gasteiger partial charge on any atom is 0.246 e. The summed E-state index contributed by atoms with van der Waals surface area (Å²) >= 11 is 0. The molecule has 1 aliphatic heterocycles. The fourth-order valence-corrected chi connectivity index (χ4v) is 2.68. The highest BCUT2D eigenvalue weighted by molar-refractivity contribution is 5.79. The lowest BCUT2D eigenvalue weighted by Crippen LogP contribution is -2.30. The van der Waals surface area contributed by atoms with E-state index in [1.165, 1.54) is 0 Å². The molecule has 2 aromatic heterocycles. The van der Waals surface area contributed by atoms with E-state index in [1.807, 2.05) is 18.2 Å². The Hall–Kier alpha value is -2.54. The van der Waals surface area contributed by atoms with Crippen molar-refractivity contribution in [2.45, 2.75) is 38.4 Å². The number of aromatic nitrogens is 3. The third-order valence-corrected chi connectivity index (χ3v) is 4.02. The Morgan fingerprint density at radius 2 is 2.12 bits per heavy atom. The van der Waals surface area contributed by atoms with Gasteiger partial charge in [0.25, 0.3) is 0 Å². The minimum atomic E-state index is -0.471.